The maximum absolute atomic E-state index is 13.9. The van der Waals surface area contributed by atoms with Gasteiger partial charge in [0.05, 0.1) is 11.0 Å². The summed E-state index contributed by atoms with van der Waals surface area (Å²) in [5, 5.41) is 11.3. The van der Waals surface area contributed by atoms with Crippen molar-refractivity contribution < 1.29 is 13.9 Å². The van der Waals surface area contributed by atoms with Crippen LogP contribution in [-0.4, -0.2) is 25.5 Å². The monoisotopic (exact) mass is 545 g/mol. The van der Waals surface area contributed by atoms with E-state index in [1.165, 1.54) is 10.7 Å². The second kappa shape index (κ2) is 10.6. The zero-order valence-electron chi connectivity index (χ0n) is 19.0. The highest BCUT2D eigenvalue weighted by atomic mass is 79.9. The molecule has 0 bridgehead atoms. The maximum Gasteiger partial charge on any atom is 0.277 e. The average molecular weight is 546 g/mol. The molecule has 0 unspecified atom stereocenters. The third-order valence-electron chi connectivity index (χ3n) is 5.44. The normalized spacial score (nSPS) is 10.8. The molecule has 3 aromatic carbocycles. The Kier molecular flexibility index (Phi) is 6.90. The van der Waals surface area contributed by atoms with Crippen LogP contribution in [0.15, 0.2) is 102 Å². The number of ether oxygens (including phenoxy) is 1. The van der Waals surface area contributed by atoms with E-state index >= 15 is 0 Å². The first-order valence-electron chi connectivity index (χ1n) is 11.1. The number of nitrogens with one attached hydrogen (secondary N) is 1. The van der Waals surface area contributed by atoms with Crippen LogP contribution in [0.3, 0.4) is 0 Å². The molecule has 0 saturated carbocycles. The molecule has 180 valence electrons. The summed E-state index contributed by atoms with van der Waals surface area (Å²) in [7, 11) is 0. The summed E-state index contributed by atoms with van der Waals surface area (Å²) in [6, 6.07) is 26.0. The van der Waals surface area contributed by atoms with Crippen LogP contribution >= 0.6 is 15.9 Å². The second-order valence-electron chi connectivity index (χ2n) is 7.97. The SMILES string of the molecule is O=C(Nc1nn(Cc2ccccc2F)cc1Br)c1ccn(COc2ccc(-c3ccccc3)cc2)n1. The molecule has 5 aromatic rings. The first-order chi connectivity index (χ1) is 17.5. The van der Waals surface area contributed by atoms with Crippen molar-refractivity contribution >= 4 is 27.7 Å². The molecule has 0 aliphatic heterocycles. The predicted molar refractivity (Wildman–Crippen MR) is 138 cm³/mol. The lowest BCUT2D eigenvalue weighted by molar-refractivity contribution is 0.101. The Morgan fingerprint density at radius 1 is 0.889 bits per heavy atom. The highest BCUT2D eigenvalue weighted by Crippen LogP contribution is 2.23. The molecule has 7 nitrogen and oxygen atoms in total. The van der Waals surface area contributed by atoms with Gasteiger partial charge < -0.3 is 10.1 Å². The molecular weight excluding hydrogens is 525 g/mol. The van der Waals surface area contributed by atoms with E-state index < -0.39 is 5.91 Å². The smallest absolute Gasteiger partial charge is 0.277 e. The summed E-state index contributed by atoms with van der Waals surface area (Å²) in [6.07, 6.45) is 3.34. The quantitative estimate of drug-likeness (QED) is 0.260. The molecule has 1 amide bonds. The fraction of sp³-hybridized carbons (Fsp3) is 0.0741. The first-order valence-corrected chi connectivity index (χ1v) is 11.9. The molecule has 9 heteroatoms. The fourth-order valence-electron chi connectivity index (χ4n) is 3.61. The third kappa shape index (κ3) is 5.52. The second-order valence-corrected chi connectivity index (χ2v) is 8.83. The van der Waals surface area contributed by atoms with Crippen LogP contribution in [0.2, 0.25) is 0 Å². The van der Waals surface area contributed by atoms with Gasteiger partial charge in [-0.15, -0.1) is 0 Å². The Morgan fingerprint density at radius 3 is 2.39 bits per heavy atom. The van der Waals surface area contributed by atoms with Crippen molar-refractivity contribution in [3.63, 3.8) is 0 Å². The summed E-state index contributed by atoms with van der Waals surface area (Å²) < 4.78 is 23.4. The van der Waals surface area contributed by atoms with Gasteiger partial charge in [-0.05, 0) is 51.3 Å². The number of nitrogens with zero attached hydrogens (tertiary/aromatic N) is 4. The van der Waals surface area contributed by atoms with Crippen molar-refractivity contribution in [1.29, 1.82) is 0 Å². The number of rotatable bonds is 8. The van der Waals surface area contributed by atoms with E-state index in [2.05, 4.69) is 43.6 Å². The highest BCUT2D eigenvalue weighted by Gasteiger charge is 2.15. The van der Waals surface area contributed by atoms with E-state index in [4.69, 9.17) is 4.74 Å². The Labute approximate surface area is 215 Å². The van der Waals surface area contributed by atoms with Crippen molar-refractivity contribution in [2.45, 2.75) is 13.3 Å². The molecule has 0 saturated heterocycles. The Hall–Kier alpha value is -4.24. The Balaban J connectivity index is 1.18. The van der Waals surface area contributed by atoms with Crippen LogP contribution in [0, 0.1) is 5.82 Å². The van der Waals surface area contributed by atoms with Gasteiger partial charge in [0, 0.05) is 18.0 Å². The van der Waals surface area contributed by atoms with Crippen molar-refractivity contribution in [1.82, 2.24) is 19.6 Å². The van der Waals surface area contributed by atoms with Crippen LogP contribution in [0.4, 0.5) is 10.2 Å². The standard InChI is InChI=1S/C27H21BrFN5O2/c28-23-17-34(16-21-8-4-5-9-24(21)29)32-26(23)30-27(35)25-14-15-33(31-25)18-36-22-12-10-20(11-13-22)19-6-2-1-3-7-19/h1-15,17H,16,18H2,(H,30,32,35). The van der Waals surface area contributed by atoms with Crippen LogP contribution in [0.25, 0.3) is 11.1 Å². The number of benzene rings is 3. The molecule has 0 atom stereocenters. The molecule has 36 heavy (non-hydrogen) atoms. The van der Waals surface area contributed by atoms with Crippen molar-refractivity contribution in [2.24, 2.45) is 0 Å². The molecular formula is C27H21BrFN5O2. The lowest BCUT2D eigenvalue weighted by Crippen LogP contribution is -2.15. The Bertz CT molecular complexity index is 1480. The Morgan fingerprint density at radius 2 is 1.61 bits per heavy atom. The van der Waals surface area contributed by atoms with E-state index in [-0.39, 0.29) is 24.8 Å². The molecule has 0 aliphatic rings. The minimum atomic E-state index is -0.419. The number of hydrogen-bond donors (Lipinski definition) is 1. The number of halogens is 2. The molecule has 1 N–H and O–H groups in total. The van der Waals surface area contributed by atoms with Crippen LogP contribution in [0.5, 0.6) is 5.75 Å². The van der Waals surface area contributed by atoms with Crippen LogP contribution in [0.1, 0.15) is 16.1 Å². The van der Waals surface area contributed by atoms with Crippen molar-refractivity contribution in [3.05, 3.63) is 119 Å². The minimum Gasteiger partial charge on any atom is -0.471 e. The number of hydrogen-bond acceptors (Lipinski definition) is 4. The van der Waals surface area contributed by atoms with Gasteiger partial charge in [0.2, 0.25) is 0 Å². The first kappa shape index (κ1) is 23.5. The van der Waals surface area contributed by atoms with E-state index in [0.29, 0.717) is 21.6 Å². The van der Waals surface area contributed by atoms with E-state index in [1.807, 2.05) is 42.5 Å². The highest BCUT2D eigenvalue weighted by molar-refractivity contribution is 9.10. The number of amides is 1. The van der Waals surface area contributed by atoms with E-state index in [9.17, 15) is 9.18 Å². The van der Waals surface area contributed by atoms with Gasteiger partial charge in [-0.1, -0.05) is 60.7 Å². The lowest BCUT2D eigenvalue weighted by atomic mass is 10.1. The van der Waals surface area contributed by atoms with Crippen molar-refractivity contribution in [3.8, 4) is 16.9 Å². The number of aromatic nitrogens is 4. The summed E-state index contributed by atoms with van der Waals surface area (Å²) >= 11 is 3.39. The largest absolute Gasteiger partial charge is 0.471 e. The van der Waals surface area contributed by atoms with Gasteiger partial charge in [-0.2, -0.15) is 10.2 Å². The van der Waals surface area contributed by atoms with Gasteiger partial charge in [-0.25, -0.2) is 9.07 Å². The predicted octanol–water partition coefficient (Wildman–Crippen LogP) is 5.99. The van der Waals surface area contributed by atoms with Gasteiger partial charge in [-0.3, -0.25) is 9.48 Å². The van der Waals surface area contributed by atoms with Gasteiger partial charge in [0.1, 0.15) is 11.6 Å². The third-order valence-corrected chi connectivity index (χ3v) is 6.02. The molecule has 2 aromatic heterocycles. The summed E-state index contributed by atoms with van der Waals surface area (Å²) in [4.78, 5) is 12.7. The van der Waals surface area contributed by atoms with Gasteiger partial charge in [0.25, 0.3) is 5.91 Å². The van der Waals surface area contributed by atoms with E-state index in [0.717, 1.165) is 11.1 Å². The number of carbonyl (C=O) groups is 1. The topological polar surface area (TPSA) is 74.0 Å². The molecule has 0 spiro atoms. The molecule has 0 radical (unpaired) electrons. The van der Waals surface area contributed by atoms with Crippen LogP contribution in [-0.2, 0) is 13.3 Å². The number of anilines is 1. The number of carbonyl (C=O) groups excluding carboxylic acids is 1. The zero-order valence-corrected chi connectivity index (χ0v) is 20.6. The summed E-state index contributed by atoms with van der Waals surface area (Å²) in [6.45, 7) is 0.387. The van der Waals surface area contributed by atoms with Crippen molar-refractivity contribution in [2.75, 3.05) is 5.32 Å². The molecule has 0 fully saturated rings. The van der Waals surface area contributed by atoms with Crippen LogP contribution < -0.4 is 10.1 Å². The molecule has 2 heterocycles. The summed E-state index contributed by atoms with van der Waals surface area (Å²) in [5.41, 5.74) is 2.95. The van der Waals surface area contributed by atoms with Gasteiger partial charge >= 0.3 is 0 Å². The lowest BCUT2D eigenvalue weighted by Gasteiger charge is -2.07. The molecule has 5 rings (SSSR count). The minimum absolute atomic E-state index is 0.152. The maximum atomic E-state index is 13.9. The fourth-order valence-corrected chi connectivity index (χ4v) is 4.02. The summed E-state index contributed by atoms with van der Waals surface area (Å²) in [5.74, 6) is 0.286. The van der Waals surface area contributed by atoms with E-state index in [1.54, 1.807) is 41.3 Å². The van der Waals surface area contributed by atoms with Gasteiger partial charge in [0.15, 0.2) is 18.2 Å². The zero-order chi connectivity index (χ0) is 24.9. The average Bonchev–Trinajstić information content (AvgIpc) is 3.51. The molecule has 0 aliphatic carbocycles.